The van der Waals surface area contributed by atoms with E-state index in [4.69, 9.17) is 9.84 Å². The third kappa shape index (κ3) is 6.58. The Bertz CT molecular complexity index is 325. The molecule has 0 saturated heterocycles. The highest BCUT2D eigenvalue weighted by Crippen LogP contribution is 2.00. The molecule has 1 aromatic rings. The van der Waals surface area contributed by atoms with Gasteiger partial charge in [-0.1, -0.05) is 30.3 Å². The second kappa shape index (κ2) is 7.68. The molecule has 0 aliphatic carbocycles. The third-order valence-corrected chi connectivity index (χ3v) is 2.28. The molecule has 0 radical (unpaired) electrons. The fourth-order valence-electron chi connectivity index (χ4n) is 1.36. The third-order valence-electron chi connectivity index (χ3n) is 2.28. The molecule has 0 fully saturated rings. The number of alkyl carbamates (subject to hydrolysis) is 1. The van der Waals surface area contributed by atoms with Crippen LogP contribution in [0.25, 0.3) is 0 Å². The first kappa shape index (κ1) is 13.5. The summed E-state index contributed by atoms with van der Waals surface area (Å²) in [6.45, 7) is 2.54. The zero-order valence-electron chi connectivity index (χ0n) is 10.1. The van der Waals surface area contributed by atoms with Crippen LogP contribution in [0.15, 0.2) is 30.3 Å². The smallest absolute Gasteiger partial charge is 0.407 e. The SMILES string of the molecule is CC(O)CCCNC(=O)OCc1ccccc1. The molecule has 0 saturated carbocycles. The summed E-state index contributed by atoms with van der Waals surface area (Å²) in [4.78, 5) is 11.3. The van der Waals surface area contributed by atoms with Gasteiger partial charge in [0.1, 0.15) is 6.61 Å². The molecule has 17 heavy (non-hydrogen) atoms. The predicted molar refractivity (Wildman–Crippen MR) is 65.5 cm³/mol. The van der Waals surface area contributed by atoms with Crippen LogP contribution >= 0.6 is 0 Å². The largest absolute Gasteiger partial charge is 0.445 e. The fourth-order valence-corrected chi connectivity index (χ4v) is 1.36. The van der Waals surface area contributed by atoms with Gasteiger partial charge in [-0.2, -0.15) is 0 Å². The van der Waals surface area contributed by atoms with E-state index in [-0.39, 0.29) is 12.7 Å². The molecule has 0 bridgehead atoms. The molecule has 1 atom stereocenters. The molecule has 1 amide bonds. The van der Waals surface area contributed by atoms with Gasteiger partial charge in [0.2, 0.25) is 0 Å². The molecule has 0 aliphatic rings. The number of amides is 1. The van der Waals surface area contributed by atoms with E-state index in [2.05, 4.69) is 5.32 Å². The topological polar surface area (TPSA) is 58.6 Å². The van der Waals surface area contributed by atoms with Crippen LogP contribution in [-0.2, 0) is 11.3 Å². The van der Waals surface area contributed by atoms with Crippen LogP contribution in [0.4, 0.5) is 4.79 Å². The number of ether oxygens (including phenoxy) is 1. The molecule has 2 N–H and O–H groups in total. The molecule has 0 heterocycles. The van der Waals surface area contributed by atoms with Crippen molar-refractivity contribution < 1.29 is 14.6 Å². The van der Waals surface area contributed by atoms with Crippen LogP contribution in [0.2, 0.25) is 0 Å². The number of carbonyl (C=O) groups is 1. The maximum atomic E-state index is 11.3. The molecule has 1 unspecified atom stereocenters. The average Bonchev–Trinajstić information content (AvgIpc) is 2.33. The van der Waals surface area contributed by atoms with E-state index in [9.17, 15) is 4.79 Å². The van der Waals surface area contributed by atoms with E-state index in [1.54, 1.807) is 6.92 Å². The minimum Gasteiger partial charge on any atom is -0.445 e. The normalized spacial score (nSPS) is 11.9. The Kier molecular flexibility index (Phi) is 6.10. The van der Waals surface area contributed by atoms with Crippen LogP contribution in [0.3, 0.4) is 0 Å². The Labute approximate surface area is 102 Å². The minimum absolute atomic E-state index is 0.281. The van der Waals surface area contributed by atoms with E-state index in [1.165, 1.54) is 0 Å². The lowest BCUT2D eigenvalue weighted by Gasteiger charge is -2.07. The number of benzene rings is 1. The molecular weight excluding hydrogens is 218 g/mol. The van der Waals surface area contributed by atoms with Gasteiger partial charge in [-0.3, -0.25) is 0 Å². The number of aliphatic hydroxyl groups excluding tert-OH is 1. The molecule has 4 heteroatoms. The van der Waals surface area contributed by atoms with Crippen molar-refractivity contribution in [1.82, 2.24) is 5.32 Å². The zero-order chi connectivity index (χ0) is 12.5. The lowest BCUT2D eigenvalue weighted by atomic mass is 10.2. The molecular formula is C13H19NO3. The van der Waals surface area contributed by atoms with Crippen LogP contribution in [0, 0.1) is 0 Å². The quantitative estimate of drug-likeness (QED) is 0.745. The molecule has 94 valence electrons. The van der Waals surface area contributed by atoms with Gasteiger partial charge in [0.25, 0.3) is 0 Å². The van der Waals surface area contributed by atoms with Crippen molar-refractivity contribution in [1.29, 1.82) is 0 Å². The van der Waals surface area contributed by atoms with Gasteiger partial charge in [0, 0.05) is 6.54 Å². The van der Waals surface area contributed by atoms with Gasteiger partial charge in [0.15, 0.2) is 0 Å². The molecule has 0 aliphatic heterocycles. The van der Waals surface area contributed by atoms with E-state index >= 15 is 0 Å². The number of hydrogen-bond acceptors (Lipinski definition) is 3. The van der Waals surface area contributed by atoms with Crippen LogP contribution in [0.1, 0.15) is 25.3 Å². The van der Waals surface area contributed by atoms with E-state index in [0.29, 0.717) is 13.0 Å². The van der Waals surface area contributed by atoms with Crippen molar-refractivity contribution in [2.75, 3.05) is 6.54 Å². The summed E-state index contributed by atoms with van der Waals surface area (Å²) in [7, 11) is 0. The summed E-state index contributed by atoms with van der Waals surface area (Å²) in [5.74, 6) is 0. The highest BCUT2D eigenvalue weighted by atomic mass is 16.5. The van der Waals surface area contributed by atoms with Crippen molar-refractivity contribution in [3.05, 3.63) is 35.9 Å². The molecule has 4 nitrogen and oxygen atoms in total. The van der Waals surface area contributed by atoms with Crippen LogP contribution in [0.5, 0.6) is 0 Å². The molecule has 1 rings (SSSR count). The van der Waals surface area contributed by atoms with Crippen LogP contribution < -0.4 is 5.32 Å². The number of nitrogens with one attached hydrogen (secondary N) is 1. The Morgan fingerprint density at radius 1 is 1.41 bits per heavy atom. The maximum Gasteiger partial charge on any atom is 0.407 e. The Morgan fingerprint density at radius 3 is 2.76 bits per heavy atom. The maximum absolute atomic E-state index is 11.3. The van der Waals surface area contributed by atoms with E-state index in [1.807, 2.05) is 30.3 Å². The second-order valence-corrected chi connectivity index (χ2v) is 3.98. The number of hydrogen-bond donors (Lipinski definition) is 2. The second-order valence-electron chi connectivity index (χ2n) is 3.98. The first-order valence-electron chi connectivity index (χ1n) is 5.81. The summed E-state index contributed by atoms with van der Waals surface area (Å²) in [6, 6.07) is 9.53. The minimum atomic E-state index is -0.417. The van der Waals surface area contributed by atoms with Gasteiger partial charge in [-0.05, 0) is 25.3 Å². The summed E-state index contributed by atoms with van der Waals surface area (Å²) < 4.78 is 5.02. The predicted octanol–water partition coefficient (Wildman–Crippen LogP) is 2.07. The lowest BCUT2D eigenvalue weighted by Crippen LogP contribution is -2.25. The Balaban J connectivity index is 2.09. The van der Waals surface area contributed by atoms with Gasteiger partial charge in [0.05, 0.1) is 6.10 Å². The Hall–Kier alpha value is -1.55. The highest BCUT2D eigenvalue weighted by Gasteiger charge is 2.02. The molecule has 1 aromatic carbocycles. The first-order chi connectivity index (χ1) is 8.18. The van der Waals surface area contributed by atoms with Gasteiger partial charge >= 0.3 is 6.09 Å². The molecule has 0 spiro atoms. The highest BCUT2D eigenvalue weighted by molar-refractivity contribution is 5.67. The monoisotopic (exact) mass is 237 g/mol. The number of rotatable bonds is 6. The molecule has 0 aromatic heterocycles. The first-order valence-corrected chi connectivity index (χ1v) is 5.81. The van der Waals surface area contributed by atoms with Crippen LogP contribution in [-0.4, -0.2) is 23.8 Å². The number of carbonyl (C=O) groups excluding carboxylic acids is 1. The summed E-state index contributed by atoms with van der Waals surface area (Å²) in [5, 5.41) is 11.7. The fraction of sp³-hybridized carbons (Fsp3) is 0.462. The average molecular weight is 237 g/mol. The lowest BCUT2D eigenvalue weighted by molar-refractivity contribution is 0.138. The summed E-state index contributed by atoms with van der Waals surface area (Å²) in [5.41, 5.74) is 0.964. The Morgan fingerprint density at radius 2 is 2.12 bits per heavy atom. The van der Waals surface area contributed by atoms with Crippen molar-refractivity contribution in [2.45, 2.75) is 32.5 Å². The van der Waals surface area contributed by atoms with E-state index < -0.39 is 6.09 Å². The zero-order valence-corrected chi connectivity index (χ0v) is 10.1. The van der Waals surface area contributed by atoms with Crippen molar-refractivity contribution in [2.24, 2.45) is 0 Å². The van der Waals surface area contributed by atoms with Crippen molar-refractivity contribution in [3.8, 4) is 0 Å². The van der Waals surface area contributed by atoms with Gasteiger partial charge < -0.3 is 15.2 Å². The van der Waals surface area contributed by atoms with Gasteiger partial charge in [-0.25, -0.2) is 4.79 Å². The number of aliphatic hydroxyl groups is 1. The van der Waals surface area contributed by atoms with Crippen molar-refractivity contribution >= 4 is 6.09 Å². The standard InChI is InChI=1S/C13H19NO3/c1-11(15)6-5-9-14-13(16)17-10-12-7-3-2-4-8-12/h2-4,7-8,11,15H,5-6,9-10H2,1H3,(H,14,16). The summed E-state index contributed by atoms with van der Waals surface area (Å²) >= 11 is 0. The van der Waals surface area contributed by atoms with Gasteiger partial charge in [-0.15, -0.1) is 0 Å². The van der Waals surface area contributed by atoms with Crippen molar-refractivity contribution in [3.63, 3.8) is 0 Å². The summed E-state index contributed by atoms with van der Waals surface area (Å²) in [6.07, 6.45) is 0.688. The van der Waals surface area contributed by atoms with E-state index in [0.717, 1.165) is 12.0 Å².